The average molecular weight is 346 g/mol. The SMILES string of the molecule is CCCn1c(Br)nc2c(NCc3ccccc3)ncnc21. The van der Waals surface area contributed by atoms with Crippen molar-refractivity contribution in [3.8, 4) is 0 Å². The third-order valence-electron chi connectivity index (χ3n) is 3.24. The minimum Gasteiger partial charge on any atom is -0.364 e. The number of nitrogens with zero attached hydrogens (tertiary/aromatic N) is 4. The van der Waals surface area contributed by atoms with Crippen LogP contribution in [0.4, 0.5) is 5.82 Å². The highest BCUT2D eigenvalue weighted by Gasteiger charge is 2.13. The summed E-state index contributed by atoms with van der Waals surface area (Å²) in [6.45, 7) is 3.73. The Morgan fingerprint density at radius 3 is 2.76 bits per heavy atom. The molecule has 0 amide bonds. The highest BCUT2D eigenvalue weighted by molar-refractivity contribution is 9.10. The highest BCUT2D eigenvalue weighted by atomic mass is 79.9. The monoisotopic (exact) mass is 345 g/mol. The molecule has 0 fully saturated rings. The third kappa shape index (κ3) is 2.90. The number of hydrogen-bond donors (Lipinski definition) is 1. The van der Waals surface area contributed by atoms with Gasteiger partial charge in [-0.1, -0.05) is 37.3 Å². The van der Waals surface area contributed by atoms with Gasteiger partial charge in [0.2, 0.25) is 0 Å². The van der Waals surface area contributed by atoms with Gasteiger partial charge in [-0.2, -0.15) is 0 Å². The van der Waals surface area contributed by atoms with Gasteiger partial charge in [0, 0.05) is 13.1 Å². The van der Waals surface area contributed by atoms with Gasteiger partial charge >= 0.3 is 0 Å². The molecule has 108 valence electrons. The maximum Gasteiger partial charge on any atom is 0.179 e. The van der Waals surface area contributed by atoms with E-state index in [2.05, 4.69) is 59.8 Å². The summed E-state index contributed by atoms with van der Waals surface area (Å²) < 4.78 is 2.85. The lowest BCUT2D eigenvalue weighted by Crippen LogP contribution is -2.03. The van der Waals surface area contributed by atoms with Crippen LogP contribution in [0.1, 0.15) is 18.9 Å². The molecule has 0 spiro atoms. The molecule has 0 aliphatic carbocycles. The van der Waals surface area contributed by atoms with E-state index in [1.165, 1.54) is 5.56 Å². The minimum atomic E-state index is 0.714. The Labute approximate surface area is 131 Å². The number of imidazole rings is 1. The van der Waals surface area contributed by atoms with Crippen LogP contribution in [0.15, 0.2) is 41.4 Å². The van der Waals surface area contributed by atoms with Crippen molar-refractivity contribution in [3.05, 3.63) is 47.0 Å². The van der Waals surface area contributed by atoms with E-state index in [-0.39, 0.29) is 0 Å². The molecule has 0 bridgehead atoms. The van der Waals surface area contributed by atoms with Crippen LogP contribution in [-0.4, -0.2) is 19.5 Å². The second-order valence-corrected chi connectivity index (χ2v) is 5.48. The van der Waals surface area contributed by atoms with Crippen LogP contribution >= 0.6 is 15.9 Å². The first-order chi connectivity index (χ1) is 10.3. The second-order valence-electron chi connectivity index (χ2n) is 4.77. The lowest BCUT2D eigenvalue weighted by molar-refractivity contribution is 0.677. The molecule has 2 aromatic heterocycles. The molecule has 3 aromatic rings. The van der Waals surface area contributed by atoms with E-state index in [0.717, 1.165) is 34.7 Å². The van der Waals surface area contributed by atoms with Gasteiger partial charge in [0.05, 0.1) is 0 Å². The number of rotatable bonds is 5. The van der Waals surface area contributed by atoms with Gasteiger partial charge in [-0.25, -0.2) is 15.0 Å². The highest BCUT2D eigenvalue weighted by Crippen LogP contribution is 2.23. The Hall–Kier alpha value is -1.95. The van der Waals surface area contributed by atoms with E-state index in [4.69, 9.17) is 0 Å². The van der Waals surface area contributed by atoms with E-state index in [9.17, 15) is 0 Å². The first-order valence-corrected chi connectivity index (χ1v) is 7.73. The molecule has 6 heteroatoms. The van der Waals surface area contributed by atoms with Gasteiger partial charge in [-0.15, -0.1) is 0 Å². The summed E-state index contributed by atoms with van der Waals surface area (Å²) in [5.74, 6) is 0.763. The number of hydrogen-bond acceptors (Lipinski definition) is 4. The van der Waals surface area contributed by atoms with Gasteiger partial charge in [0.25, 0.3) is 0 Å². The number of halogens is 1. The van der Waals surface area contributed by atoms with Crippen LogP contribution < -0.4 is 5.32 Å². The fourth-order valence-corrected chi connectivity index (χ4v) is 2.77. The van der Waals surface area contributed by atoms with Crippen molar-refractivity contribution in [2.75, 3.05) is 5.32 Å². The average Bonchev–Trinajstić information content (AvgIpc) is 2.83. The maximum atomic E-state index is 4.54. The maximum absolute atomic E-state index is 4.54. The smallest absolute Gasteiger partial charge is 0.179 e. The van der Waals surface area contributed by atoms with Crippen molar-refractivity contribution in [1.29, 1.82) is 0 Å². The molecule has 5 nitrogen and oxygen atoms in total. The zero-order valence-corrected chi connectivity index (χ0v) is 13.3. The van der Waals surface area contributed by atoms with Gasteiger partial charge in [-0.05, 0) is 27.9 Å². The normalized spacial score (nSPS) is 11.0. The zero-order chi connectivity index (χ0) is 14.7. The predicted octanol–water partition coefficient (Wildman–Crippen LogP) is 3.61. The number of benzene rings is 1. The molecule has 0 saturated heterocycles. The summed E-state index contributed by atoms with van der Waals surface area (Å²) in [5.41, 5.74) is 2.86. The summed E-state index contributed by atoms with van der Waals surface area (Å²) in [5, 5.41) is 3.34. The molecule has 1 aromatic carbocycles. The van der Waals surface area contributed by atoms with Crippen molar-refractivity contribution in [3.63, 3.8) is 0 Å². The van der Waals surface area contributed by atoms with Gasteiger partial charge < -0.3 is 9.88 Å². The van der Waals surface area contributed by atoms with E-state index in [0.29, 0.717) is 6.54 Å². The Morgan fingerprint density at radius 1 is 1.19 bits per heavy atom. The molecular weight excluding hydrogens is 330 g/mol. The topological polar surface area (TPSA) is 55.6 Å². The number of aromatic nitrogens is 4. The molecule has 0 atom stereocenters. The third-order valence-corrected chi connectivity index (χ3v) is 3.84. The number of anilines is 1. The molecule has 3 rings (SSSR count). The van der Waals surface area contributed by atoms with Gasteiger partial charge in [-0.3, -0.25) is 0 Å². The molecule has 2 heterocycles. The van der Waals surface area contributed by atoms with Crippen molar-refractivity contribution >= 4 is 32.9 Å². The predicted molar refractivity (Wildman–Crippen MR) is 87.1 cm³/mol. The van der Waals surface area contributed by atoms with Crippen LogP contribution in [0.3, 0.4) is 0 Å². The van der Waals surface area contributed by atoms with Crippen molar-refractivity contribution in [2.24, 2.45) is 0 Å². The molecular formula is C15H16BrN5. The summed E-state index contributed by atoms with van der Waals surface area (Å²) >= 11 is 3.50. The summed E-state index contributed by atoms with van der Waals surface area (Å²) in [6, 6.07) is 10.2. The molecule has 0 aliphatic rings. The molecule has 0 unspecified atom stereocenters. The molecule has 0 aliphatic heterocycles. The van der Waals surface area contributed by atoms with Gasteiger partial charge in [0.1, 0.15) is 6.33 Å². The summed E-state index contributed by atoms with van der Waals surface area (Å²) in [4.78, 5) is 13.2. The lowest BCUT2D eigenvalue weighted by Gasteiger charge is -2.06. The first kappa shape index (κ1) is 14.0. The Kier molecular flexibility index (Phi) is 4.15. The van der Waals surface area contributed by atoms with E-state index in [1.54, 1.807) is 6.33 Å². The second kappa shape index (κ2) is 6.22. The molecule has 21 heavy (non-hydrogen) atoms. The van der Waals surface area contributed by atoms with Crippen LogP contribution in [0.5, 0.6) is 0 Å². The molecule has 1 N–H and O–H groups in total. The van der Waals surface area contributed by atoms with Crippen molar-refractivity contribution in [1.82, 2.24) is 19.5 Å². The zero-order valence-electron chi connectivity index (χ0n) is 11.8. The fourth-order valence-electron chi connectivity index (χ4n) is 2.24. The molecule has 0 radical (unpaired) electrons. The van der Waals surface area contributed by atoms with Crippen LogP contribution in [-0.2, 0) is 13.1 Å². The summed E-state index contributed by atoms with van der Waals surface area (Å²) in [6.07, 6.45) is 2.61. The number of fused-ring (bicyclic) bond motifs is 1. The summed E-state index contributed by atoms with van der Waals surface area (Å²) in [7, 11) is 0. The Balaban J connectivity index is 1.90. The number of aryl methyl sites for hydroxylation is 1. The Bertz CT molecular complexity index is 738. The quantitative estimate of drug-likeness (QED) is 0.717. The lowest BCUT2D eigenvalue weighted by atomic mass is 10.2. The van der Waals surface area contributed by atoms with E-state index in [1.807, 2.05) is 18.2 Å². The van der Waals surface area contributed by atoms with E-state index >= 15 is 0 Å². The minimum absolute atomic E-state index is 0.714. The first-order valence-electron chi connectivity index (χ1n) is 6.94. The van der Waals surface area contributed by atoms with E-state index < -0.39 is 0 Å². The van der Waals surface area contributed by atoms with Crippen LogP contribution in [0.25, 0.3) is 11.2 Å². The number of nitrogens with one attached hydrogen (secondary N) is 1. The largest absolute Gasteiger partial charge is 0.364 e. The van der Waals surface area contributed by atoms with Crippen molar-refractivity contribution < 1.29 is 0 Å². The van der Waals surface area contributed by atoms with Crippen LogP contribution in [0, 0.1) is 0 Å². The molecule has 0 saturated carbocycles. The van der Waals surface area contributed by atoms with Gasteiger partial charge in [0.15, 0.2) is 21.7 Å². The fraction of sp³-hybridized carbons (Fsp3) is 0.267. The standard InChI is InChI=1S/C15H16BrN5/c1-2-8-21-14-12(20-15(21)16)13(18-10-19-14)17-9-11-6-4-3-5-7-11/h3-7,10H,2,8-9H2,1H3,(H,17,18,19). The van der Waals surface area contributed by atoms with Crippen LogP contribution in [0.2, 0.25) is 0 Å². The van der Waals surface area contributed by atoms with Crippen molar-refractivity contribution in [2.45, 2.75) is 26.4 Å². The Morgan fingerprint density at radius 2 is 2.00 bits per heavy atom.